The van der Waals surface area contributed by atoms with Crippen LogP contribution in [-0.4, -0.2) is 27.5 Å². The lowest BCUT2D eigenvalue weighted by molar-refractivity contribution is -0.140. The van der Waals surface area contributed by atoms with Crippen molar-refractivity contribution in [1.82, 2.24) is 4.98 Å². The highest BCUT2D eigenvalue weighted by Gasteiger charge is 2.36. The highest BCUT2D eigenvalue weighted by Crippen LogP contribution is 2.46. The van der Waals surface area contributed by atoms with Crippen molar-refractivity contribution >= 4 is 23.7 Å². The molecule has 6 heteroatoms. The molecule has 1 aliphatic heterocycles. The minimum Gasteiger partial charge on any atom is -0.478 e. The van der Waals surface area contributed by atoms with Crippen molar-refractivity contribution in [3.63, 3.8) is 0 Å². The van der Waals surface area contributed by atoms with Crippen molar-refractivity contribution in [2.75, 3.05) is 0 Å². The number of rotatable bonds is 3. The molecule has 0 saturated carbocycles. The summed E-state index contributed by atoms with van der Waals surface area (Å²) in [6.07, 6.45) is 9.63. The van der Waals surface area contributed by atoms with Crippen LogP contribution < -0.4 is 0 Å². The van der Waals surface area contributed by atoms with Crippen molar-refractivity contribution in [3.05, 3.63) is 82.7 Å². The molecule has 0 bridgehead atoms. The van der Waals surface area contributed by atoms with Crippen molar-refractivity contribution in [1.29, 1.82) is 0 Å². The van der Waals surface area contributed by atoms with Crippen LogP contribution in [0.15, 0.2) is 65.2 Å². The van der Waals surface area contributed by atoms with Crippen molar-refractivity contribution in [2.24, 2.45) is 0 Å². The number of aromatic carboxylic acids is 1. The van der Waals surface area contributed by atoms with E-state index in [4.69, 9.17) is 9.84 Å². The van der Waals surface area contributed by atoms with Gasteiger partial charge in [0.15, 0.2) is 5.44 Å². The number of pyridine rings is 1. The molecular formula is C26H23NO4S. The van der Waals surface area contributed by atoms with E-state index in [9.17, 15) is 9.59 Å². The van der Waals surface area contributed by atoms with Crippen LogP contribution in [0, 0.1) is 11.8 Å². The maximum atomic E-state index is 12.5. The molecule has 162 valence electrons. The number of thioether (sulfide) groups is 1. The second-order valence-electron chi connectivity index (χ2n) is 8.38. The van der Waals surface area contributed by atoms with Gasteiger partial charge in [-0.2, -0.15) is 0 Å². The zero-order chi connectivity index (χ0) is 22.7. The van der Waals surface area contributed by atoms with Gasteiger partial charge < -0.3 is 9.84 Å². The van der Waals surface area contributed by atoms with E-state index in [-0.39, 0.29) is 22.4 Å². The normalized spacial score (nSPS) is 18.6. The fourth-order valence-corrected chi connectivity index (χ4v) is 5.23. The van der Waals surface area contributed by atoms with Crippen molar-refractivity contribution in [3.8, 4) is 11.8 Å². The van der Waals surface area contributed by atoms with E-state index in [0.717, 1.165) is 23.3 Å². The summed E-state index contributed by atoms with van der Waals surface area (Å²) in [7, 11) is 0. The molecule has 0 radical (unpaired) electrons. The average Bonchev–Trinajstić information content (AvgIpc) is 2.78. The molecule has 0 fully saturated rings. The number of carbonyl (C=O) groups excluding carboxylic acids is 1. The van der Waals surface area contributed by atoms with Crippen LogP contribution in [0.2, 0.25) is 0 Å². The number of carboxylic acids is 1. The first-order chi connectivity index (χ1) is 15.3. The Morgan fingerprint density at radius 1 is 1.19 bits per heavy atom. The molecule has 1 aliphatic carbocycles. The molecule has 5 nitrogen and oxygen atoms in total. The zero-order valence-corrected chi connectivity index (χ0v) is 18.7. The first-order valence-electron chi connectivity index (χ1n) is 10.4. The zero-order valence-electron chi connectivity index (χ0n) is 17.9. The van der Waals surface area contributed by atoms with E-state index >= 15 is 0 Å². The predicted molar refractivity (Wildman–Crippen MR) is 123 cm³/mol. The largest absolute Gasteiger partial charge is 0.478 e. The van der Waals surface area contributed by atoms with Gasteiger partial charge in [0, 0.05) is 23.1 Å². The summed E-state index contributed by atoms with van der Waals surface area (Å²) in [6.45, 7) is 4.30. The van der Waals surface area contributed by atoms with Crippen LogP contribution >= 0.6 is 11.8 Å². The molecule has 1 aromatic carbocycles. The molecule has 0 saturated heterocycles. The maximum Gasteiger partial charge on any atom is 0.338 e. The first kappa shape index (κ1) is 21.9. The quantitative estimate of drug-likeness (QED) is 0.523. The molecule has 1 aromatic heterocycles. The Kier molecular flexibility index (Phi) is 6.20. The lowest BCUT2D eigenvalue weighted by atomic mass is 9.80. The predicted octanol–water partition coefficient (Wildman–Crippen LogP) is 5.10. The van der Waals surface area contributed by atoms with Gasteiger partial charge in [-0.05, 0) is 60.1 Å². The van der Waals surface area contributed by atoms with Gasteiger partial charge in [0.2, 0.25) is 0 Å². The Morgan fingerprint density at radius 2 is 2.03 bits per heavy atom. The summed E-state index contributed by atoms with van der Waals surface area (Å²) in [5, 5.41) is 8.97. The number of carboxylic acid groups (broad SMARTS) is 1. The van der Waals surface area contributed by atoms with Gasteiger partial charge in [0.25, 0.3) is 0 Å². The number of aromatic nitrogens is 1. The summed E-state index contributed by atoms with van der Waals surface area (Å²) in [5.41, 5.74) is 2.89. The number of ether oxygens (including phenoxy) is 1. The van der Waals surface area contributed by atoms with Crippen LogP contribution in [0.3, 0.4) is 0 Å². The number of hydrogen-bond acceptors (Lipinski definition) is 5. The van der Waals surface area contributed by atoms with E-state index in [1.807, 2.05) is 30.4 Å². The van der Waals surface area contributed by atoms with Gasteiger partial charge in [-0.15, -0.1) is 0 Å². The third-order valence-electron chi connectivity index (χ3n) is 5.46. The summed E-state index contributed by atoms with van der Waals surface area (Å²) in [4.78, 5) is 28.6. The summed E-state index contributed by atoms with van der Waals surface area (Å²) in [6, 6.07) is 9.13. The second-order valence-corrected chi connectivity index (χ2v) is 9.58. The number of benzene rings is 1. The first-order valence-corrected chi connectivity index (χ1v) is 11.3. The number of hydrogen-bond donors (Lipinski definition) is 1. The van der Waals surface area contributed by atoms with Gasteiger partial charge in [0.1, 0.15) is 5.69 Å². The summed E-state index contributed by atoms with van der Waals surface area (Å²) >= 11 is 1.57. The van der Waals surface area contributed by atoms with Gasteiger partial charge in [0.05, 0.1) is 11.1 Å². The number of fused-ring (bicyclic) bond motifs is 1. The average molecular weight is 446 g/mol. The van der Waals surface area contributed by atoms with Crippen molar-refractivity contribution in [2.45, 2.75) is 48.9 Å². The summed E-state index contributed by atoms with van der Waals surface area (Å²) < 4.78 is 5.81. The van der Waals surface area contributed by atoms with Gasteiger partial charge >= 0.3 is 11.9 Å². The van der Waals surface area contributed by atoms with E-state index < -0.39 is 5.97 Å². The molecule has 32 heavy (non-hydrogen) atoms. The Bertz CT molecular complexity index is 1180. The van der Waals surface area contributed by atoms with Gasteiger partial charge in [-0.25, -0.2) is 14.6 Å². The van der Waals surface area contributed by atoms with Gasteiger partial charge in [-0.3, -0.25) is 0 Å². The molecule has 1 atom stereocenters. The number of allylic oxidation sites excluding steroid dienone is 2. The number of esters is 1. The molecule has 0 spiro atoms. The third-order valence-corrected chi connectivity index (χ3v) is 6.59. The van der Waals surface area contributed by atoms with E-state index in [2.05, 4.69) is 36.7 Å². The fourth-order valence-electron chi connectivity index (χ4n) is 3.70. The molecule has 2 aromatic rings. The third kappa shape index (κ3) is 4.95. The smallest absolute Gasteiger partial charge is 0.338 e. The lowest BCUT2D eigenvalue weighted by Gasteiger charge is -2.36. The maximum absolute atomic E-state index is 12.5. The highest BCUT2D eigenvalue weighted by molar-refractivity contribution is 7.99. The van der Waals surface area contributed by atoms with E-state index in [0.29, 0.717) is 17.7 Å². The van der Waals surface area contributed by atoms with Crippen LogP contribution in [0.5, 0.6) is 0 Å². The van der Waals surface area contributed by atoms with Crippen LogP contribution in [0.1, 0.15) is 60.3 Å². The van der Waals surface area contributed by atoms with E-state index in [1.54, 1.807) is 17.8 Å². The SMILES string of the molecule is CC1(C)CC(OC(=O)C2=CCCC=C2)Sc2ccc(C#Cc3ccc(C(=O)O)cn3)cc21. The number of carbonyl (C=O) groups is 2. The van der Waals surface area contributed by atoms with Crippen molar-refractivity contribution < 1.29 is 19.4 Å². The molecular weight excluding hydrogens is 422 g/mol. The molecule has 4 rings (SSSR count). The Morgan fingerprint density at radius 3 is 2.72 bits per heavy atom. The number of nitrogens with zero attached hydrogens (tertiary/aromatic N) is 1. The van der Waals surface area contributed by atoms with Crippen LogP contribution in [-0.2, 0) is 14.9 Å². The molecule has 0 amide bonds. The monoisotopic (exact) mass is 445 g/mol. The molecule has 1 unspecified atom stereocenters. The second kappa shape index (κ2) is 9.05. The fraction of sp³-hybridized carbons (Fsp3) is 0.269. The minimum atomic E-state index is -1.01. The lowest BCUT2D eigenvalue weighted by Crippen LogP contribution is -2.31. The minimum absolute atomic E-state index is 0.133. The molecule has 1 N–H and O–H groups in total. The topological polar surface area (TPSA) is 76.5 Å². The Balaban J connectivity index is 1.50. The van der Waals surface area contributed by atoms with Gasteiger partial charge in [-0.1, -0.05) is 49.8 Å². The highest BCUT2D eigenvalue weighted by atomic mass is 32.2. The van der Waals surface area contributed by atoms with E-state index in [1.165, 1.54) is 17.8 Å². The molecule has 2 heterocycles. The standard InChI is InChI=1S/C26H23NO4S/c1-26(2)15-23(31-25(30)18-6-4-3-5-7-18)32-22-13-9-17(14-21(22)26)8-11-20-12-10-19(16-27-20)24(28)29/h4,6-7,9-10,12-14,16,23H,3,5,15H2,1-2H3,(H,28,29). The Hall–Kier alpha value is -3.30. The Labute approximate surface area is 191 Å². The van der Waals surface area contributed by atoms with Crippen LogP contribution in [0.4, 0.5) is 0 Å². The molecule has 2 aliphatic rings. The van der Waals surface area contributed by atoms with Crippen LogP contribution in [0.25, 0.3) is 0 Å². The summed E-state index contributed by atoms with van der Waals surface area (Å²) in [5.74, 6) is 4.83.